The second-order valence-corrected chi connectivity index (χ2v) is 8.43. The first-order valence-corrected chi connectivity index (χ1v) is 10.4. The maximum atomic E-state index is 12.8. The minimum absolute atomic E-state index is 0.00601. The van der Waals surface area contributed by atoms with Gasteiger partial charge in [-0.15, -0.1) is 0 Å². The molecule has 4 nitrogen and oxygen atoms in total. The number of nitrogens with zero attached hydrogens (tertiary/aromatic N) is 2. The van der Waals surface area contributed by atoms with Crippen LogP contribution in [0.25, 0.3) is 16.7 Å². The summed E-state index contributed by atoms with van der Waals surface area (Å²) in [5.41, 5.74) is 3.60. The van der Waals surface area contributed by atoms with Crippen molar-refractivity contribution in [3.05, 3.63) is 58.3 Å². The van der Waals surface area contributed by atoms with E-state index in [4.69, 9.17) is 0 Å². The zero-order valence-corrected chi connectivity index (χ0v) is 17.3. The number of carbonyl (C=O) groups is 1. The molecule has 140 valence electrons. The molecule has 0 radical (unpaired) electrons. The number of rotatable bonds is 3. The highest BCUT2D eigenvalue weighted by molar-refractivity contribution is 9.10. The van der Waals surface area contributed by atoms with Crippen molar-refractivity contribution in [3.8, 4) is 5.69 Å². The van der Waals surface area contributed by atoms with Crippen LogP contribution in [0.4, 0.5) is 0 Å². The number of hydrogen-bond acceptors (Lipinski definition) is 2. The summed E-state index contributed by atoms with van der Waals surface area (Å²) in [5, 5.41) is 3.23. The smallest absolute Gasteiger partial charge is 0.251 e. The molecule has 0 saturated heterocycles. The van der Waals surface area contributed by atoms with Gasteiger partial charge in [-0.1, -0.05) is 35.7 Å². The van der Waals surface area contributed by atoms with Gasteiger partial charge in [-0.2, -0.15) is 0 Å². The van der Waals surface area contributed by atoms with Crippen molar-refractivity contribution in [2.75, 3.05) is 0 Å². The van der Waals surface area contributed by atoms with Gasteiger partial charge < -0.3 is 5.32 Å². The van der Waals surface area contributed by atoms with Gasteiger partial charge in [0.2, 0.25) is 0 Å². The largest absolute Gasteiger partial charge is 0.349 e. The van der Waals surface area contributed by atoms with Crippen LogP contribution in [0.1, 0.15) is 48.8 Å². The first kappa shape index (κ1) is 18.2. The second-order valence-electron chi connectivity index (χ2n) is 7.52. The summed E-state index contributed by atoms with van der Waals surface area (Å²) in [4.78, 5) is 17.4. The summed E-state index contributed by atoms with van der Waals surface area (Å²) in [6.07, 6.45) is 4.74. The predicted molar refractivity (Wildman–Crippen MR) is 112 cm³/mol. The highest BCUT2D eigenvalue weighted by atomic mass is 79.9. The van der Waals surface area contributed by atoms with Crippen molar-refractivity contribution in [3.63, 3.8) is 0 Å². The topological polar surface area (TPSA) is 46.9 Å². The first-order chi connectivity index (χ1) is 13.0. The lowest BCUT2D eigenvalue weighted by Crippen LogP contribution is -2.41. The van der Waals surface area contributed by atoms with Crippen LogP contribution in [0.5, 0.6) is 0 Å². The Bertz CT molecular complexity index is 977. The van der Waals surface area contributed by atoms with Gasteiger partial charge in [-0.25, -0.2) is 4.98 Å². The van der Waals surface area contributed by atoms with Crippen molar-refractivity contribution in [2.24, 2.45) is 5.92 Å². The molecule has 1 aliphatic rings. The fourth-order valence-electron chi connectivity index (χ4n) is 4.04. The highest BCUT2D eigenvalue weighted by Crippen LogP contribution is 2.26. The summed E-state index contributed by atoms with van der Waals surface area (Å²) < 4.78 is 3.16. The predicted octanol–water partition coefficient (Wildman–Crippen LogP) is 5.40. The first-order valence-electron chi connectivity index (χ1n) is 9.59. The summed E-state index contributed by atoms with van der Waals surface area (Å²) >= 11 is 3.48. The average molecular weight is 426 g/mol. The Kier molecular flexibility index (Phi) is 5.04. The molecule has 2 atom stereocenters. The quantitative estimate of drug-likeness (QED) is 0.609. The second kappa shape index (κ2) is 7.47. The van der Waals surface area contributed by atoms with E-state index in [1.54, 1.807) is 0 Å². The highest BCUT2D eigenvalue weighted by Gasteiger charge is 2.23. The summed E-state index contributed by atoms with van der Waals surface area (Å²) in [6, 6.07) is 14.2. The molecule has 1 amide bonds. The van der Waals surface area contributed by atoms with Gasteiger partial charge in [-0.05, 0) is 68.1 Å². The number of hydrogen-bond donors (Lipinski definition) is 1. The molecule has 1 fully saturated rings. The number of amides is 1. The van der Waals surface area contributed by atoms with E-state index in [9.17, 15) is 4.79 Å². The third kappa shape index (κ3) is 3.65. The lowest BCUT2D eigenvalue weighted by Gasteiger charge is -2.29. The summed E-state index contributed by atoms with van der Waals surface area (Å²) in [6.45, 7) is 4.22. The molecule has 1 saturated carbocycles. The Balaban J connectivity index is 1.63. The molecule has 0 aliphatic heterocycles. The molecular formula is C22H24BrN3O. The molecule has 0 unspecified atom stereocenters. The molecule has 0 bridgehead atoms. The van der Waals surface area contributed by atoms with Gasteiger partial charge in [0.25, 0.3) is 5.91 Å². The van der Waals surface area contributed by atoms with E-state index in [1.165, 1.54) is 19.3 Å². The Morgan fingerprint density at radius 3 is 2.63 bits per heavy atom. The van der Waals surface area contributed by atoms with Crippen molar-refractivity contribution in [1.82, 2.24) is 14.9 Å². The van der Waals surface area contributed by atoms with Crippen LogP contribution in [-0.2, 0) is 0 Å². The Hall–Kier alpha value is -2.14. The van der Waals surface area contributed by atoms with Crippen LogP contribution < -0.4 is 5.32 Å². The van der Waals surface area contributed by atoms with Crippen LogP contribution >= 0.6 is 15.9 Å². The molecule has 0 spiro atoms. The number of nitrogens with one attached hydrogen (secondary N) is 1. The van der Waals surface area contributed by atoms with Gasteiger partial charge in [0.05, 0.1) is 11.0 Å². The van der Waals surface area contributed by atoms with E-state index in [1.807, 2.05) is 37.3 Å². The maximum absolute atomic E-state index is 12.8. The molecule has 1 aromatic heterocycles. The van der Waals surface area contributed by atoms with E-state index >= 15 is 0 Å². The summed E-state index contributed by atoms with van der Waals surface area (Å²) in [7, 11) is 0. The number of benzene rings is 2. The maximum Gasteiger partial charge on any atom is 0.251 e. The number of aryl methyl sites for hydroxylation is 1. The molecule has 5 heteroatoms. The average Bonchev–Trinajstić information content (AvgIpc) is 2.99. The van der Waals surface area contributed by atoms with Gasteiger partial charge in [0, 0.05) is 21.8 Å². The van der Waals surface area contributed by atoms with Gasteiger partial charge in [0.1, 0.15) is 5.82 Å². The van der Waals surface area contributed by atoms with Crippen molar-refractivity contribution >= 4 is 32.9 Å². The van der Waals surface area contributed by atoms with Crippen LogP contribution in [0, 0.1) is 12.8 Å². The minimum atomic E-state index is 0.00601. The SMILES string of the molecule is Cc1nc2cc(C(=O)N[C@@H]3CCCC[C@@H]3C)ccc2n1-c1ccc(Br)cc1. The minimum Gasteiger partial charge on any atom is -0.349 e. The van der Waals surface area contributed by atoms with Crippen LogP contribution in [0.15, 0.2) is 46.9 Å². The molecule has 27 heavy (non-hydrogen) atoms. The Morgan fingerprint density at radius 2 is 1.89 bits per heavy atom. The normalized spacial score (nSPS) is 20.0. The van der Waals surface area contributed by atoms with Gasteiger partial charge >= 0.3 is 0 Å². The van der Waals surface area contributed by atoms with E-state index in [0.717, 1.165) is 33.4 Å². The monoisotopic (exact) mass is 425 g/mol. The lowest BCUT2D eigenvalue weighted by atomic mass is 9.86. The third-order valence-corrected chi connectivity index (χ3v) is 6.13. The van der Waals surface area contributed by atoms with Gasteiger partial charge in [0.15, 0.2) is 0 Å². The van der Waals surface area contributed by atoms with E-state index < -0.39 is 0 Å². The van der Waals surface area contributed by atoms with Crippen LogP contribution in [0.3, 0.4) is 0 Å². The van der Waals surface area contributed by atoms with Crippen LogP contribution in [0.2, 0.25) is 0 Å². The molecule has 3 aromatic rings. The van der Waals surface area contributed by atoms with Gasteiger partial charge in [-0.3, -0.25) is 9.36 Å². The van der Waals surface area contributed by atoms with Crippen molar-refractivity contribution < 1.29 is 4.79 Å². The lowest BCUT2D eigenvalue weighted by molar-refractivity contribution is 0.0910. The Morgan fingerprint density at radius 1 is 1.15 bits per heavy atom. The fraction of sp³-hybridized carbons (Fsp3) is 0.364. The number of fused-ring (bicyclic) bond motifs is 1. The van der Waals surface area contributed by atoms with E-state index in [0.29, 0.717) is 11.5 Å². The standard InChI is InChI=1S/C22H24BrN3O/c1-14-5-3-4-6-19(14)25-22(27)16-7-12-21-20(13-16)24-15(2)26(21)18-10-8-17(23)9-11-18/h7-14,19H,3-6H2,1-2H3,(H,25,27)/t14-,19+/m0/s1. The number of imidazole rings is 1. The fourth-order valence-corrected chi connectivity index (χ4v) is 4.30. The zero-order valence-electron chi connectivity index (χ0n) is 15.7. The number of aromatic nitrogens is 2. The molecule has 4 rings (SSSR count). The van der Waals surface area contributed by atoms with Crippen molar-refractivity contribution in [1.29, 1.82) is 0 Å². The molecular weight excluding hydrogens is 402 g/mol. The number of carbonyl (C=O) groups excluding carboxylic acids is 1. The molecule has 1 heterocycles. The number of halogens is 1. The van der Waals surface area contributed by atoms with E-state index in [2.05, 4.69) is 49.9 Å². The third-order valence-electron chi connectivity index (χ3n) is 5.60. The zero-order chi connectivity index (χ0) is 19.0. The molecule has 1 N–H and O–H groups in total. The Labute approximate surface area is 168 Å². The summed E-state index contributed by atoms with van der Waals surface area (Å²) in [5.74, 6) is 1.46. The molecule has 1 aliphatic carbocycles. The van der Waals surface area contributed by atoms with E-state index in [-0.39, 0.29) is 11.9 Å². The molecule has 2 aromatic carbocycles. The van der Waals surface area contributed by atoms with Crippen molar-refractivity contribution in [2.45, 2.75) is 45.6 Å². The van der Waals surface area contributed by atoms with Crippen LogP contribution in [-0.4, -0.2) is 21.5 Å².